The highest BCUT2D eigenvalue weighted by molar-refractivity contribution is 5.79. The summed E-state index contributed by atoms with van der Waals surface area (Å²) >= 11 is 0. The minimum absolute atomic E-state index is 0.220. The molecule has 2 aromatic rings. The molecule has 0 saturated carbocycles. The number of aryl methyl sites for hydroxylation is 1. The SMILES string of the molecule is CCNC(=NCC(C)(O)c1ccc(C)o1)NCCCCOCCc1ccccc1. The van der Waals surface area contributed by atoms with Crippen molar-refractivity contribution in [1.82, 2.24) is 10.6 Å². The Balaban J connectivity index is 1.63. The first-order valence-electron chi connectivity index (χ1n) is 10.4. The highest BCUT2D eigenvalue weighted by Crippen LogP contribution is 2.23. The Morgan fingerprint density at radius 3 is 2.59 bits per heavy atom. The summed E-state index contributed by atoms with van der Waals surface area (Å²) in [5.41, 5.74) is 0.171. The monoisotopic (exact) mass is 401 g/mol. The van der Waals surface area contributed by atoms with E-state index in [4.69, 9.17) is 9.15 Å². The number of hydrogen-bond acceptors (Lipinski definition) is 4. The van der Waals surface area contributed by atoms with Gasteiger partial charge >= 0.3 is 0 Å². The van der Waals surface area contributed by atoms with Crippen LogP contribution in [0.15, 0.2) is 51.9 Å². The van der Waals surface area contributed by atoms with Gasteiger partial charge in [-0.05, 0) is 57.7 Å². The molecule has 0 aliphatic carbocycles. The van der Waals surface area contributed by atoms with Gasteiger partial charge in [0.1, 0.15) is 17.1 Å². The average Bonchev–Trinajstić information content (AvgIpc) is 3.16. The summed E-state index contributed by atoms with van der Waals surface area (Å²) < 4.78 is 11.3. The van der Waals surface area contributed by atoms with Gasteiger partial charge in [0.2, 0.25) is 0 Å². The van der Waals surface area contributed by atoms with Crippen molar-refractivity contribution >= 4 is 5.96 Å². The van der Waals surface area contributed by atoms with E-state index in [-0.39, 0.29) is 6.54 Å². The van der Waals surface area contributed by atoms with Crippen LogP contribution in [0.2, 0.25) is 0 Å². The van der Waals surface area contributed by atoms with Crippen molar-refractivity contribution < 1.29 is 14.3 Å². The third kappa shape index (κ3) is 8.71. The summed E-state index contributed by atoms with van der Waals surface area (Å²) in [6, 6.07) is 14.0. The van der Waals surface area contributed by atoms with E-state index >= 15 is 0 Å². The van der Waals surface area contributed by atoms with Crippen LogP contribution >= 0.6 is 0 Å². The molecule has 1 aromatic carbocycles. The summed E-state index contributed by atoms with van der Waals surface area (Å²) in [5, 5.41) is 17.1. The number of aliphatic imine (C=N–C) groups is 1. The van der Waals surface area contributed by atoms with Crippen LogP contribution in [0.25, 0.3) is 0 Å². The van der Waals surface area contributed by atoms with Gasteiger partial charge in [0.15, 0.2) is 5.96 Å². The van der Waals surface area contributed by atoms with Gasteiger partial charge in [-0.3, -0.25) is 0 Å². The van der Waals surface area contributed by atoms with Crippen LogP contribution in [0.1, 0.15) is 43.8 Å². The first-order valence-corrected chi connectivity index (χ1v) is 10.4. The van der Waals surface area contributed by atoms with Crippen molar-refractivity contribution in [2.75, 3.05) is 32.8 Å². The molecule has 0 spiro atoms. The number of guanidine groups is 1. The van der Waals surface area contributed by atoms with Gasteiger partial charge in [0.05, 0.1) is 13.2 Å². The van der Waals surface area contributed by atoms with E-state index in [1.807, 2.05) is 26.0 Å². The van der Waals surface area contributed by atoms with E-state index in [9.17, 15) is 5.11 Å². The quantitative estimate of drug-likeness (QED) is 0.289. The van der Waals surface area contributed by atoms with Crippen LogP contribution in [0.3, 0.4) is 0 Å². The molecule has 6 nitrogen and oxygen atoms in total. The second-order valence-electron chi connectivity index (χ2n) is 7.36. The average molecular weight is 402 g/mol. The molecule has 0 aliphatic heterocycles. The van der Waals surface area contributed by atoms with Gasteiger partial charge in [-0.1, -0.05) is 30.3 Å². The second-order valence-corrected chi connectivity index (χ2v) is 7.36. The van der Waals surface area contributed by atoms with Gasteiger partial charge < -0.3 is 24.9 Å². The zero-order valence-electron chi connectivity index (χ0n) is 17.9. The molecule has 160 valence electrons. The lowest BCUT2D eigenvalue weighted by molar-refractivity contribution is 0.0428. The van der Waals surface area contributed by atoms with E-state index in [2.05, 4.69) is 39.9 Å². The predicted molar refractivity (Wildman–Crippen MR) is 117 cm³/mol. The maximum Gasteiger partial charge on any atom is 0.191 e. The molecule has 1 aromatic heterocycles. The summed E-state index contributed by atoms with van der Waals surface area (Å²) in [4.78, 5) is 4.50. The number of benzene rings is 1. The smallest absolute Gasteiger partial charge is 0.191 e. The minimum Gasteiger partial charge on any atom is -0.463 e. The van der Waals surface area contributed by atoms with E-state index in [0.29, 0.717) is 11.7 Å². The lowest BCUT2D eigenvalue weighted by Gasteiger charge is -2.19. The number of rotatable bonds is 12. The Bertz CT molecular complexity index is 726. The first kappa shape index (κ1) is 23.0. The van der Waals surface area contributed by atoms with Crippen LogP contribution in [0.5, 0.6) is 0 Å². The predicted octanol–water partition coefficient (Wildman–Crippen LogP) is 3.39. The molecule has 1 atom stereocenters. The van der Waals surface area contributed by atoms with Crippen LogP contribution in [-0.4, -0.2) is 43.9 Å². The fraction of sp³-hybridized carbons (Fsp3) is 0.522. The van der Waals surface area contributed by atoms with Crippen molar-refractivity contribution in [2.45, 2.75) is 45.6 Å². The number of ether oxygens (including phenoxy) is 1. The van der Waals surface area contributed by atoms with Crippen LogP contribution in [0, 0.1) is 6.92 Å². The van der Waals surface area contributed by atoms with Crippen molar-refractivity contribution in [3.8, 4) is 0 Å². The normalized spacial score (nSPS) is 13.9. The Kier molecular flexibility index (Phi) is 9.74. The molecule has 3 N–H and O–H groups in total. The molecule has 0 saturated heterocycles. The molecule has 0 bridgehead atoms. The van der Waals surface area contributed by atoms with Crippen LogP contribution in [0.4, 0.5) is 0 Å². The topological polar surface area (TPSA) is 79.0 Å². The van der Waals surface area contributed by atoms with E-state index in [1.165, 1.54) is 5.56 Å². The molecule has 0 radical (unpaired) electrons. The number of nitrogens with zero attached hydrogens (tertiary/aromatic N) is 1. The van der Waals surface area contributed by atoms with Crippen molar-refractivity contribution in [3.05, 3.63) is 59.5 Å². The zero-order chi connectivity index (χ0) is 21.0. The Hall–Kier alpha value is -2.31. The minimum atomic E-state index is -1.14. The Labute approximate surface area is 174 Å². The number of unbranched alkanes of at least 4 members (excludes halogenated alkanes) is 1. The third-order valence-corrected chi connectivity index (χ3v) is 4.55. The van der Waals surface area contributed by atoms with Crippen molar-refractivity contribution in [3.63, 3.8) is 0 Å². The number of furan rings is 1. The molecular weight excluding hydrogens is 366 g/mol. The van der Waals surface area contributed by atoms with Gasteiger partial charge in [0.25, 0.3) is 0 Å². The molecule has 29 heavy (non-hydrogen) atoms. The van der Waals surface area contributed by atoms with E-state index < -0.39 is 5.60 Å². The molecule has 2 rings (SSSR count). The molecule has 6 heteroatoms. The summed E-state index contributed by atoms with van der Waals surface area (Å²) in [7, 11) is 0. The molecule has 0 amide bonds. The highest BCUT2D eigenvalue weighted by atomic mass is 16.5. The van der Waals surface area contributed by atoms with Crippen LogP contribution in [-0.2, 0) is 16.8 Å². The maximum absolute atomic E-state index is 10.6. The van der Waals surface area contributed by atoms with Gasteiger partial charge in [-0.15, -0.1) is 0 Å². The Morgan fingerprint density at radius 2 is 1.90 bits per heavy atom. The molecule has 0 fully saturated rings. The number of nitrogens with one attached hydrogen (secondary N) is 2. The molecular formula is C23H35N3O3. The molecule has 1 heterocycles. The lowest BCUT2D eigenvalue weighted by atomic mass is 10.0. The fourth-order valence-electron chi connectivity index (χ4n) is 2.85. The third-order valence-electron chi connectivity index (χ3n) is 4.55. The van der Waals surface area contributed by atoms with Crippen molar-refractivity contribution in [1.29, 1.82) is 0 Å². The maximum atomic E-state index is 10.6. The van der Waals surface area contributed by atoms with Gasteiger partial charge in [-0.2, -0.15) is 0 Å². The van der Waals surface area contributed by atoms with Crippen molar-refractivity contribution in [2.24, 2.45) is 4.99 Å². The molecule has 1 unspecified atom stereocenters. The number of hydrogen-bond donors (Lipinski definition) is 3. The number of aliphatic hydroxyl groups is 1. The van der Waals surface area contributed by atoms with Crippen LogP contribution < -0.4 is 10.6 Å². The second kappa shape index (κ2) is 12.3. The zero-order valence-corrected chi connectivity index (χ0v) is 17.9. The van der Waals surface area contributed by atoms with Gasteiger partial charge in [-0.25, -0.2) is 4.99 Å². The summed E-state index contributed by atoms with van der Waals surface area (Å²) in [6.07, 6.45) is 2.93. The highest BCUT2D eigenvalue weighted by Gasteiger charge is 2.26. The summed E-state index contributed by atoms with van der Waals surface area (Å²) in [6.45, 7) is 8.89. The first-order chi connectivity index (χ1) is 14.0. The Morgan fingerprint density at radius 1 is 1.10 bits per heavy atom. The summed E-state index contributed by atoms with van der Waals surface area (Å²) in [5.74, 6) is 2.00. The largest absolute Gasteiger partial charge is 0.463 e. The van der Waals surface area contributed by atoms with E-state index in [1.54, 1.807) is 13.0 Å². The van der Waals surface area contributed by atoms with E-state index in [0.717, 1.165) is 51.3 Å². The standard InChI is InChI=1S/C23H35N3O3/c1-4-24-22(26-18-23(3,27)21-13-12-19(2)29-21)25-15-8-9-16-28-17-14-20-10-6-5-7-11-20/h5-7,10-13,27H,4,8-9,14-18H2,1-3H3,(H2,24,25,26). The fourth-order valence-corrected chi connectivity index (χ4v) is 2.85. The lowest BCUT2D eigenvalue weighted by Crippen LogP contribution is -2.39. The van der Waals surface area contributed by atoms with Gasteiger partial charge in [0, 0.05) is 19.7 Å². The molecule has 0 aliphatic rings.